The summed E-state index contributed by atoms with van der Waals surface area (Å²) in [6, 6.07) is 3.93. The number of nitrogens with two attached hydrogens (primary N) is 2. The van der Waals surface area contributed by atoms with Gasteiger partial charge in [-0.05, 0) is 30.5 Å². The molecule has 0 unspecified atom stereocenters. The predicted molar refractivity (Wildman–Crippen MR) is 63.2 cm³/mol. The molecule has 0 aromatic heterocycles. The molecule has 0 atom stereocenters. The fourth-order valence-corrected chi connectivity index (χ4v) is 2.07. The summed E-state index contributed by atoms with van der Waals surface area (Å²) in [5.74, 6) is 1.52. The van der Waals surface area contributed by atoms with E-state index in [1.165, 1.54) is 5.56 Å². The maximum atomic E-state index is 5.34. The molecule has 17 heavy (non-hydrogen) atoms. The molecule has 1 aromatic carbocycles. The van der Waals surface area contributed by atoms with E-state index in [1.807, 2.05) is 12.1 Å². The monoisotopic (exact) mass is 232 g/mol. The van der Waals surface area contributed by atoms with Crippen molar-refractivity contribution in [3.05, 3.63) is 23.3 Å². The third-order valence-electron chi connectivity index (χ3n) is 2.83. The van der Waals surface area contributed by atoms with Crippen LogP contribution in [0.5, 0.6) is 11.5 Å². The topological polar surface area (TPSA) is 95.2 Å². The van der Waals surface area contributed by atoms with Gasteiger partial charge < -0.3 is 20.9 Å². The van der Waals surface area contributed by atoms with Crippen LogP contribution < -0.4 is 20.9 Å². The number of nitrogens with zero attached hydrogens (tertiary/aromatic N) is 2. The summed E-state index contributed by atoms with van der Waals surface area (Å²) in [4.78, 5) is 0. The van der Waals surface area contributed by atoms with Gasteiger partial charge in [-0.2, -0.15) is 5.10 Å². The second-order valence-corrected chi connectivity index (χ2v) is 3.93. The van der Waals surface area contributed by atoms with Crippen LogP contribution in [0.1, 0.15) is 17.5 Å². The SMILES string of the molecule is NC(N)=NN=C1CCc2cc3c(cc21)OCO3. The summed E-state index contributed by atoms with van der Waals surface area (Å²) in [7, 11) is 0. The van der Waals surface area contributed by atoms with Gasteiger partial charge in [-0.3, -0.25) is 0 Å². The molecule has 0 amide bonds. The lowest BCUT2D eigenvalue weighted by atomic mass is 10.1. The fourth-order valence-electron chi connectivity index (χ4n) is 2.07. The molecule has 0 saturated heterocycles. The number of guanidine groups is 1. The summed E-state index contributed by atoms with van der Waals surface area (Å²) in [6.45, 7) is 0.276. The highest BCUT2D eigenvalue weighted by atomic mass is 16.7. The Morgan fingerprint density at radius 1 is 1.12 bits per heavy atom. The number of aryl methyl sites for hydroxylation is 1. The number of ether oxygens (including phenoxy) is 2. The molecule has 4 N–H and O–H groups in total. The van der Waals surface area contributed by atoms with Gasteiger partial charge in [0.25, 0.3) is 0 Å². The molecule has 0 radical (unpaired) electrons. The first-order chi connectivity index (χ1) is 8.24. The van der Waals surface area contributed by atoms with Crippen molar-refractivity contribution in [3.63, 3.8) is 0 Å². The second kappa shape index (κ2) is 3.65. The largest absolute Gasteiger partial charge is 0.454 e. The van der Waals surface area contributed by atoms with E-state index in [0.717, 1.165) is 35.6 Å². The second-order valence-electron chi connectivity index (χ2n) is 3.93. The van der Waals surface area contributed by atoms with Gasteiger partial charge in [-0.25, -0.2) is 0 Å². The van der Waals surface area contributed by atoms with Crippen LogP contribution in [0, 0.1) is 0 Å². The molecule has 2 aliphatic rings. The molecule has 0 saturated carbocycles. The van der Waals surface area contributed by atoms with Crippen LogP contribution in [0.25, 0.3) is 0 Å². The summed E-state index contributed by atoms with van der Waals surface area (Å²) < 4.78 is 10.7. The molecule has 0 spiro atoms. The van der Waals surface area contributed by atoms with Crippen molar-refractivity contribution in [1.29, 1.82) is 0 Å². The van der Waals surface area contributed by atoms with Crippen molar-refractivity contribution < 1.29 is 9.47 Å². The van der Waals surface area contributed by atoms with Crippen molar-refractivity contribution in [2.45, 2.75) is 12.8 Å². The molecule has 0 fully saturated rings. The molecule has 1 aliphatic carbocycles. The Bertz CT molecular complexity index is 533. The van der Waals surface area contributed by atoms with Crippen molar-refractivity contribution >= 4 is 11.7 Å². The van der Waals surface area contributed by atoms with Crippen LogP contribution in [0.15, 0.2) is 22.3 Å². The van der Waals surface area contributed by atoms with E-state index in [1.54, 1.807) is 0 Å². The van der Waals surface area contributed by atoms with Crippen LogP contribution in [-0.4, -0.2) is 18.5 Å². The van der Waals surface area contributed by atoms with E-state index in [4.69, 9.17) is 20.9 Å². The lowest BCUT2D eigenvalue weighted by Gasteiger charge is -2.01. The van der Waals surface area contributed by atoms with Crippen LogP contribution in [-0.2, 0) is 6.42 Å². The zero-order chi connectivity index (χ0) is 11.8. The van der Waals surface area contributed by atoms with Gasteiger partial charge in [0.05, 0.1) is 5.71 Å². The average molecular weight is 232 g/mol. The van der Waals surface area contributed by atoms with Gasteiger partial charge in [0.2, 0.25) is 12.8 Å². The minimum atomic E-state index is -0.0355. The first-order valence-electron chi connectivity index (χ1n) is 5.32. The van der Waals surface area contributed by atoms with Crippen LogP contribution in [0.3, 0.4) is 0 Å². The van der Waals surface area contributed by atoms with Crippen molar-refractivity contribution in [2.24, 2.45) is 21.7 Å². The number of hydrogen-bond acceptors (Lipinski definition) is 4. The molecule has 0 bridgehead atoms. The number of hydrogen-bond donors (Lipinski definition) is 2. The van der Waals surface area contributed by atoms with E-state index in [9.17, 15) is 0 Å². The highest BCUT2D eigenvalue weighted by Gasteiger charge is 2.24. The standard InChI is InChI=1S/C11H12N4O2/c12-11(13)15-14-8-2-1-6-3-9-10(4-7(6)8)17-5-16-9/h3-4H,1-2,5H2,(H4,12,13,15). The fraction of sp³-hybridized carbons (Fsp3) is 0.273. The Kier molecular flexibility index (Phi) is 2.14. The van der Waals surface area contributed by atoms with E-state index < -0.39 is 0 Å². The Morgan fingerprint density at radius 3 is 2.65 bits per heavy atom. The Morgan fingerprint density at radius 2 is 1.88 bits per heavy atom. The van der Waals surface area contributed by atoms with Crippen LogP contribution >= 0.6 is 0 Å². The lowest BCUT2D eigenvalue weighted by Crippen LogP contribution is -2.22. The van der Waals surface area contributed by atoms with Gasteiger partial charge in [0, 0.05) is 5.56 Å². The van der Waals surface area contributed by atoms with Crippen molar-refractivity contribution in [1.82, 2.24) is 0 Å². The van der Waals surface area contributed by atoms with E-state index in [2.05, 4.69) is 10.2 Å². The van der Waals surface area contributed by atoms with Gasteiger partial charge in [0.1, 0.15) is 0 Å². The van der Waals surface area contributed by atoms with Crippen molar-refractivity contribution in [3.8, 4) is 11.5 Å². The summed E-state index contributed by atoms with van der Waals surface area (Å²) in [5.41, 5.74) is 13.6. The Labute approximate surface area is 97.9 Å². The third kappa shape index (κ3) is 1.67. The maximum Gasteiger partial charge on any atom is 0.231 e. The van der Waals surface area contributed by atoms with E-state index in [-0.39, 0.29) is 12.8 Å². The number of benzene rings is 1. The zero-order valence-electron chi connectivity index (χ0n) is 9.14. The van der Waals surface area contributed by atoms with E-state index >= 15 is 0 Å². The van der Waals surface area contributed by atoms with Crippen LogP contribution in [0.2, 0.25) is 0 Å². The summed E-state index contributed by atoms with van der Waals surface area (Å²) in [5, 5.41) is 7.73. The zero-order valence-corrected chi connectivity index (χ0v) is 9.14. The van der Waals surface area contributed by atoms with Crippen molar-refractivity contribution in [2.75, 3.05) is 6.79 Å². The highest BCUT2D eigenvalue weighted by Crippen LogP contribution is 2.38. The average Bonchev–Trinajstić information content (AvgIpc) is 2.88. The minimum absolute atomic E-state index is 0.0355. The van der Waals surface area contributed by atoms with Gasteiger partial charge in [-0.15, -0.1) is 5.10 Å². The quantitative estimate of drug-likeness (QED) is 0.414. The maximum absolute atomic E-state index is 5.34. The number of rotatable bonds is 1. The van der Waals surface area contributed by atoms with Gasteiger partial charge >= 0.3 is 0 Å². The predicted octanol–water partition coefficient (Wildman–Crippen LogP) is 0.339. The summed E-state index contributed by atoms with van der Waals surface area (Å²) >= 11 is 0. The normalized spacial score (nSPS) is 18.2. The molecular weight excluding hydrogens is 220 g/mol. The Hall–Kier alpha value is -2.24. The number of fused-ring (bicyclic) bond motifs is 2. The molecular formula is C11H12N4O2. The molecule has 1 aromatic rings. The molecule has 3 rings (SSSR count). The Balaban J connectivity index is 2.02. The van der Waals surface area contributed by atoms with Gasteiger partial charge in [-0.1, -0.05) is 0 Å². The molecule has 6 heteroatoms. The molecule has 88 valence electrons. The summed E-state index contributed by atoms with van der Waals surface area (Å²) in [6.07, 6.45) is 1.75. The van der Waals surface area contributed by atoms with E-state index in [0.29, 0.717) is 0 Å². The third-order valence-corrected chi connectivity index (χ3v) is 2.83. The first kappa shape index (κ1) is 9.95. The molecule has 1 heterocycles. The minimum Gasteiger partial charge on any atom is -0.454 e. The first-order valence-corrected chi connectivity index (χ1v) is 5.32. The van der Waals surface area contributed by atoms with Crippen LogP contribution in [0.4, 0.5) is 0 Å². The highest BCUT2D eigenvalue weighted by molar-refractivity contribution is 6.05. The molecule has 1 aliphatic heterocycles. The molecule has 6 nitrogen and oxygen atoms in total. The smallest absolute Gasteiger partial charge is 0.231 e. The lowest BCUT2D eigenvalue weighted by molar-refractivity contribution is 0.174. The van der Waals surface area contributed by atoms with Gasteiger partial charge in [0.15, 0.2) is 11.5 Å².